The molecule has 1 aromatic carbocycles. The van der Waals surface area contributed by atoms with Gasteiger partial charge >= 0.3 is 0 Å². The molecule has 3 nitrogen and oxygen atoms in total. The third-order valence-corrected chi connectivity index (χ3v) is 1.57. The number of hydrogen-bond acceptors (Lipinski definition) is 3. The van der Waals surface area contributed by atoms with E-state index in [1.54, 1.807) is 6.07 Å². The van der Waals surface area contributed by atoms with Gasteiger partial charge in [0.15, 0.2) is 0 Å². The molecule has 0 saturated carbocycles. The van der Waals surface area contributed by atoms with Gasteiger partial charge < -0.3 is 15.6 Å². The highest BCUT2D eigenvalue weighted by Crippen LogP contribution is 2.23. The second-order valence-corrected chi connectivity index (χ2v) is 2.58. The summed E-state index contributed by atoms with van der Waals surface area (Å²) >= 11 is 0. The van der Waals surface area contributed by atoms with E-state index >= 15 is 0 Å². The average Bonchev–Trinajstić information content (AvgIpc) is 2.13. The molecule has 0 aromatic heterocycles. The summed E-state index contributed by atoms with van der Waals surface area (Å²) < 4.78 is 18.0. The first-order valence-corrected chi connectivity index (χ1v) is 4.03. The number of hydrogen-bond donors (Lipinski definition) is 2. The molecule has 0 spiro atoms. The molecule has 0 radical (unpaired) electrons. The Morgan fingerprint density at radius 3 is 2.92 bits per heavy atom. The van der Waals surface area contributed by atoms with Gasteiger partial charge in [0.25, 0.3) is 0 Å². The minimum atomic E-state index is -0.485. The van der Waals surface area contributed by atoms with E-state index in [1.165, 1.54) is 12.1 Å². The molecule has 0 amide bonds. The van der Waals surface area contributed by atoms with Crippen LogP contribution >= 0.6 is 0 Å². The van der Waals surface area contributed by atoms with Gasteiger partial charge in [-0.15, -0.1) is 0 Å². The highest BCUT2D eigenvalue weighted by molar-refractivity contribution is 5.53. The number of benzene rings is 1. The predicted octanol–water partition coefficient (Wildman–Crippen LogP) is 1.17. The molecule has 1 rings (SSSR count). The maximum atomic E-state index is 12.8. The first-order valence-electron chi connectivity index (χ1n) is 4.03. The second-order valence-electron chi connectivity index (χ2n) is 2.58. The van der Waals surface area contributed by atoms with Gasteiger partial charge in [0, 0.05) is 13.0 Å². The third-order valence-electron chi connectivity index (χ3n) is 1.57. The zero-order valence-corrected chi connectivity index (χ0v) is 7.16. The number of ether oxygens (including phenoxy) is 1. The van der Waals surface area contributed by atoms with Crippen LogP contribution in [0, 0.1) is 5.82 Å². The van der Waals surface area contributed by atoms with Crippen LogP contribution in [0.4, 0.5) is 10.1 Å². The van der Waals surface area contributed by atoms with E-state index in [4.69, 9.17) is 15.6 Å². The van der Waals surface area contributed by atoms with Gasteiger partial charge in [-0.3, -0.25) is 0 Å². The highest BCUT2D eigenvalue weighted by Gasteiger charge is 2.04. The highest BCUT2D eigenvalue weighted by atomic mass is 19.1. The second kappa shape index (κ2) is 4.67. The Morgan fingerprint density at radius 2 is 2.23 bits per heavy atom. The minimum Gasteiger partial charge on any atom is -0.491 e. The summed E-state index contributed by atoms with van der Waals surface area (Å²) in [4.78, 5) is 0. The van der Waals surface area contributed by atoms with E-state index in [2.05, 4.69) is 0 Å². The quantitative estimate of drug-likeness (QED) is 0.547. The molecule has 0 aliphatic rings. The molecule has 0 atom stereocenters. The lowest BCUT2D eigenvalue weighted by Crippen LogP contribution is -2.03. The summed E-state index contributed by atoms with van der Waals surface area (Å²) in [5.41, 5.74) is 5.42. The summed E-state index contributed by atoms with van der Waals surface area (Å²) in [6.07, 6.45) is 0.510. The van der Waals surface area contributed by atoms with Crippen molar-refractivity contribution in [1.29, 1.82) is 0 Å². The lowest BCUT2D eigenvalue weighted by Gasteiger charge is -2.07. The number of rotatable bonds is 4. The van der Waals surface area contributed by atoms with Crippen molar-refractivity contribution in [3.63, 3.8) is 0 Å². The summed E-state index contributed by atoms with van der Waals surface area (Å²) in [7, 11) is 0. The van der Waals surface area contributed by atoms with E-state index in [-0.39, 0.29) is 12.3 Å². The van der Waals surface area contributed by atoms with Crippen LogP contribution in [0.2, 0.25) is 0 Å². The van der Waals surface area contributed by atoms with Crippen molar-refractivity contribution in [3.05, 3.63) is 24.0 Å². The van der Waals surface area contributed by atoms with E-state index < -0.39 is 5.82 Å². The maximum Gasteiger partial charge on any atom is 0.149 e. The Morgan fingerprint density at radius 1 is 1.46 bits per heavy atom. The lowest BCUT2D eigenvalue weighted by atomic mass is 10.3. The standard InChI is InChI=1S/C9H12FNO2/c10-7-3-1-4-8(9(7)11)13-6-2-5-12/h1,3-4,12H,2,5-6,11H2. The Kier molecular flexibility index (Phi) is 3.52. The van der Waals surface area contributed by atoms with Crippen LogP contribution in [-0.2, 0) is 0 Å². The summed E-state index contributed by atoms with van der Waals surface area (Å²) in [5.74, 6) is -0.157. The topological polar surface area (TPSA) is 55.5 Å². The fraction of sp³-hybridized carbons (Fsp3) is 0.333. The smallest absolute Gasteiger partial charge is 0.149 e. The third kappa shape index (κ3) is 2.59. The van der Waals surface area contributed by atoms with Crippen molar-refractivity contribution >= 4 is 5.69 Å². The van der Waals surface area contributed by atoms with Crippen molar-refractivity contribution in [2.75, 3.05) is 18.9 Å². The van der Waals surface area contributed by atoms with Crippen LogP contribution in [0.1, 0.15) is 6.42 Å². The maximum absolute atomic E-state index is 12.8. The number of anilines is 1. The molecule has 0 bridgehead atoms. The molecule has 4 heteroatoms. The molecule has 13 heavy (non-hydrogen) atoms. The molecule has 1 aromatic rings. The fourth-order valence-corrected chi connectivity index (χ4v) is 0.890. The number of aliphatic hydroxyl groups excluding tert-OH is 1. The van der Waals surface area contributed by atoms with Crippen LogP contribution in [0.25, 0.3) is 0 Å². The van der Waals surface area contributed by atoms with Crippen molar-refractivity contribution in [1.82, 2.24) is 0 Å². The van der Waals surface area contributed by atoms with E-state index in [1.807, 2.05) is 0 Å². The van der Waals surface area contributed by atoms with Crippen molar-refractivity contribution in [3.8, 4) is 5.75 Å². The number of para-hydroxylation sites is 1. The van der Waals surface area contributed by atoms with Crippen LogP contribution in [0.15, 0.2) is 18.2 Å². The van der Waals surface area contributed by atoms with Gasteiger partial charge in [-0.05, 0) is 12.1 Å². The lowest BCUT2D eigenvalue weighted by molar-refractivity contribution is 0.234. The number of nitrogens with two attached hydrogens (primary N) is 1. The molecular formula is C9H12FNO2. The van der Waals surface area contributed by atoms with Crippen molar-refractivity contribution in [2.24, 2.45) is 0 Å². The Bertz CT molecular complexity index is 278. The molecule has 72 valence electrons. The van der Waals surface area contributed by atoms with E-state index in [9.17, 15) is 4.39 Å². The molecule has 3 N–H and O–H groups in total. The zero-order valence-electron chi connectivity index (χ0n) is 7.16. The Hall–Kier alpha value is -1.29. The monoisotopic (exact) mass is 185 g/mol. The minimum absolute atomic E-state index is 0.0143. The molecule has 0 aliphatic carbocycles. The summed E-state index contributed by atoms with van der Waals surface area (Å²) in [6.45, 7) is 0.388. The molecule has 0 unspecified atom stereocenters. The SMILES string of the molecule is Nc1c(F)cccc1OCCCO. The zero-order chi connectivity index (χ0) is 9.68. The van der Waals surface area contributed by atoms with Gasteiger partial charge in [0.1, 0.15) is 17.3 Å². The van der Waals surface area contributed by atoms with Gasteiger partial charge in [-0.2, -0.15) is 0 Å². The van der Waals surface area contributed by atoms with E-state index in [0.717, 1.165) is 0 Å². The van der Waals surface area contributed by atoms with Crippen LogP contribution < -0.4 is 10.5 Å². The van der Waals surface area contributed by atoms with Gasteiger partial charge in [-0.25, -0.2) is 4.39 Å². The predicted molar refractivity (Wildman–Crippen MR) is 48.0 cm³/mol. The molecule has 0 fully saturated rings. The first kappa shape index (κ1) is 9.80. The Labute approximate surface area is 75.9 Å². The van der Waals surface area contributed by atoms with Gasteiger partial charge in [-0.1, -0.05) is 6.07 Å². The number of nitrogen functional groups attached to an aromatic ring is 1. The largest absolute Gasteiger partial charge is 0.491 e. The average molecular weight is 185 g/mol. The Balaban J connectivity index is 2.61. The number of aliphatic hydroxyl groups is 1. The van der Waals surface area contributed by atoms with Crippen LogP contribution in [0.3, 0.4) is 0 Å². The first-order chi connectivity index (χ1) is 6.25. The normalized spacial score (nSPS) is 10.0. The van der Waals surface area contributed by atoms with Gasteiger partial charge in [0.2, 0.25) is 0 Å². The van der Waals surface area contributed by atoms with Crippen LogP contribution in [0.5, 0.6) is 5.75 Å². The molecule has 0 aliphatic heterocycles. The summed E-state index contributed by atoms with van der Waals surface area (Å²) in [5, 5.41) is 8.48. The van der Waals surface area contributed by atoms with Gasteiger partial charge in [0.05, 0.1) is 6.61 Å². The van der Waals surface area contributed by atoms with Crippen LogP contribution in [-0.4, -0.2) is 18.3 Å². The van der Waals surface area contributed by atoms with E-state index in [0.29, 0.717) is 18.8 Å². The molecule has 0 saturated heterocycles. The fourth-order valence-electron chi connectivity index (χ4n) is 0.890. The number of halogens is 1. The summed E-state index contributed by atoms with van der Waals surface area (Å²) in [6, 6.07) is 4.39. The molecular weight excluding hydrogens is 173 g/mol. The van der Waals surface area contributed by atoms with Crippen molar-refractivity contribution in [2.45, 2.75) is 6.42 Å². The molecule has 0 heterocycles. The van der Waals surface area contributed by atoms with Crippen molar-refractivity contribution < 1.29 is 14.2 Å².